The Balaban J connectivity index is 2.18. The molecule has 1 aromatic rings. The van der Waals surface area contributed by atoms with Crippen LogP contribution in [0.1, 0.15) is 30.1 Å². The van der Waals surface area contributed by atoms with E-state index in [0.717, 1.165) is 15.8 Å². The van der Waals surface area contributed by atoms with E-state index in [2.05, 4.69) is 22.0 Å². The van der Waals surface area contributed by atoms with E-state index in [4.69, 9.17) is 10.5 Å². The Morgan fingerprint density at radius 3 is 2.95 bits per heavy atom. The third-order valence-electron chi connectivity index (χ3n) is 3.48. The number of ketones is 1. The molecule has 0 aromatic carbocycles. The molecule has 20 heavy (non-hydrogen) atoms. The maximum absolute atomic E-state index is 12.3. The van der Waals surface area contributed by atoms with Crippen LogP contribution in [0.15, 0.2) is 38.7 Å². The number of carbonyl (C=O) groups is 1. The van der Waals surface area contributed by atoms with E-state index in [1.54, 1.807) is 0 Å². The number of rotatable bonds is 1. The van der Waals surface area contributed by atoms with Crippen LogP contribution in [-0.4, -0.2) is 5.78 Å². The molecule has 102 valence electrons. The first-order chi connectivity index (χ1) is 9.61. The van der Waals surface area contributed by atoms with Crippen LogP contribution in [0, 0.1) is 11.3 Å². The lowest BCUT2D eigenvalue weighted by atomic mass is 9.80. The Kier molecular flexibility index (Phi) is 3.40. The number of nitrogens with two attached hydrogens (primary N) is 1. The molecule has 1 aromatic heterocycles. The molecule has 0 amide bonds. The molecular weight excluding hydrogens is 340 g/mol. The molecule has 4 nitrogen and oxygen atoms in total. The number of thiophene rings is 1. The van der Waals surface area contributed by atoms with Gasteiger partial charge in [-0.05, 0) is 28.4 Å². The zero-order valence-corrected chi connectivity index (χ0v) is 12.9. The third kappa shape index (κ3) is 2.07. The molecule has 1 aliphatic carbocycles. The van der Waals surface area contributed by atoms with Crippen molar-refractivity contribution in [1.82, 2.24) is 0 Å². The van der Waals surface area contributed by atoms with Gasteiger partial charge in [-0.3, -0.25) is 4.79 Å². The quantitative estimate of drug-likeness (QED) is 0.842. The van der Waals surface area contributed by atoms with Crippen LogP contribution in [-0.2, 0) is 9.53 Å². The average Bonchev–Trinajstić information content (AvgIpc) is 2.84. The fourth-order valence-electron chi connectivity index (χ4n) is 2.62. The van der Waals surface area contributed by atoms with Crippen molar-refractivity contribution in [1.29, 1.82) is 5.26 Å². The molecule has 2 N–H and O–H groups in total. The highest BCUT2D eigenvalue weighted by atomic mass is 79.9. The topological polar surface area (TPSA) is 76.1 Å². The minimum Gasteiger partial charge on any atom is -0.444 e. The fraction of sp³-hybridized carbons (Fsp3) is 0.286. The first-order valence-corrected chi connectivity index (χ1v) is 7.87. The second-order valence-electron chi connectivity index (χ2n) is 4.71. The summed E-state index contributed by atoms with van der Waals surface area (Å²) in [7, 11) is 0. The average molecular weight is 351 g/mol. The second kappa shape index (κ2) is 5.08. The van der Waals surface area contributed by atoms with Crippen LogP contribution >= 0.6 is 27.3 Å². The summed E-state index contributed by atoms with van der Waals surface area (Å²) in [6, 6.07) is 4.03. The number of nitrogens with zero attached hydrogens (tertiary/aromatic N) is 1. The molecule has 0 fully saturated rings. The summed E-state index contributed by atoms with van der Waals surface area (Å²) in [6.45, 7) is 0. The Morgan fingerprint density at radius 2 is 2.30 bits per heavy atom. The number of nitriles is 1. The lowest BCUT2D eigenvalue weighted by molar-refractivity contribution is -0.116. The molecule has 0 saturated heterocycles. The molecule has 3 rings (SSSR count). The molecule has 0 spiro atoms. The van der Waals surface area contributed by atoms with Gasteiger partial charge in [0.2, 0.25) is 5.88 Å². The first kappa shape index (κ1) is 13.4. The van der Waals surface area contributed by atoms with Gasteiger partial charge in [-0.25, -0.2) is 0 Å². The molecule has 0 unspecified atom stereocenters. The van der Waals surface area contributed by atoms with Crippen LogP contribution in [0.4, 0.5) is 0 Å². The summed E-state index contributed by atoms with van der Waals surface area (Å²) in [4.78, 5) is 13.2. The number of Topliss-reactive ketones (excluding diaryl/α,β-unsaturated/α-hetero) is 1. The van der Waals surface area contributed by atoms with Gasteiger partial charge in [-0.2, -0.15) is 5.26 Å². The third-order valence-corrected chi connectivity index (χ3v) is 5.24. The fourth-order valence-corrected chi connectivity index (χ4v) is 4.18. The van der Waals surface area contributed by atoms with E-state index < -0.39 is 0 Å². The van der Waals surface area contributed by atoms with Gasteiger partial charge in [-0.1, -0.05) is 0 Å². The van der Waals surface area contributed by atoms with E-state index in [-0.39, 0.29) is 17.6 Å². The lowest BCUT2D eigenvalue weighted by Crippen LogP contribution is -2.26. The van der Waals surface area contributed by atoms with Gasteiger partial charge < -0.3 is 10.5 Å². The van der Waals surface area contributed by atoms with Crippen molar-refractivity contribution in [3.63, 3.8) is 0 Å². The highest BCUT2D eigenvalue weighted by Gasteiger charge is 2.38. The molecule has 6 heteroatoms. The van der Waals surface area contributed by atoms with Crippen molar-refractivity contribution in [2.75, 3.05) is 0 Å². The second-order valence-corrected chi connectivity index (χ2v) is 6.56. The van der Waals surface area contributed by atoms with E-state index in [1.165, 1.54) is 11.3 Å². The minimum atomic E-state index is -0.382. The van der Waals surface area contributed by atoms with Crippen LogP contribution < -0.4 is 5.73 Å². The van der Waals surface area contributed by atoms with Crippen LogP contribution in [0.2, 0.25) is 0 Å². The number of allylic oxidation sites excluding steroid dienone is 3. The highest BCUT2D eigenvalue weighted by molar-refractivity contribution is 9.10. The zero-order chi connectivity index (χ0) is 14.3. The Bertz CT molecular complexity index is 696. The molecule has 2 aliphatic rings. The molecule has 1 atom stereocenters. The highest BCUT2D eigenvalue weighted by Crippen LogP contribution is 2.45. The Labute approximate surface area is 128 Å². The Morgan fingerprint density at radius 1 is 1.50 bits per heavy atom. The van der Waals surface area contributed by atoms with Gasteiger partial charge in [0, 0.05) is 33.1 Å². The molecular formula is C14H11BrN2O2S. The van der Waals surface area contributed by atoms with E-state index in [0.29, 0.717) is 29.7 Å². The summed E-state index contributed by atoms with van der Waals surface area (Å²) in [6.07, 6.45) is 1.97. The van der Waals surface area contributed by atoms with Gasteiger partial charge in [0.15, 0.2) is 5.78 Å². The molecule has 0 bridgehead atoms. The monoisotopic (exact) mass is 350 g/mol. The molecule has 2 heterocycles. The number of ether oxygens (including phenoxy) is 1. The van der Waals surface area contributed by atoms with Crippen molar-refractivity contribution >= 4 is 33.0 Å². The molecule has 1 aliphatic heterocycles. The van der Waals surface area contributed by atoms with E-state index in [1.807, 2.05) is 11.4 Å². The molecule has 0 radical (unpaired) electrons. The normalized spacial score (nSPS) is 22.4. The standard InChI is InChI=1S/C14H11BrN2O2S/c15-7-4-11(20-6-7)12-8(5-16)14(17)19-10-3-1-2-9(18)13(10)12/h4,6,12H,1-3,17H2/t12-/m0/s1. The predicted molar refractivity (Wildman–Crippen MR) is 78.6 cm³/mol. The molecule has 0 saturated carbocycles. The van der Waals surface area contributed by atoms with E-state index in [9.17, 15) is 10.1 Å². The van der Waals surface area contributed by atoms with Crippen LogP contribution in [0.3, 0.4) is 0 Å². The first-order valence-electron chi connectivity index (χ1n) is 6.19. The summed E-state index contributed by atoms with van der Waals surface area (Å²) in [5.74, 6) is 0.427. The maximum Gasteiger partial charge on any atom is 0.205 e. The predicted octanol–water partition coefficient (Wildman–Crippen LogP) is 3.33. The summed E-state index contributed by atoms with van der Waals surface area (Å²) in [5, 5.41) is 11.3. The van der Waals surface area contributed by atoms with Crippen molar-refractivity contribution in [3.8, 4) is 6.07 Å². The van der Waals surface area contributed by atoms with Crippen molar-refractivity contribution < 1.29 is 9.53 Å². The number of halogens is 1. The maximum atomic E-state index is 12.3. The van der Waals surface area contributed by atoms with Crippen molar-refractivity contribution in [2.24, 2.45) is 5.73 Å². The number of hydrogen-bond acceptors (Lipinski definition) is 5. The lowest BCUT2D eigenvalue weighted by Gasteiger charge is -2.30. The SMILES string of the molecule is N#CC1=C(N)OC2=C(C(=O)CCC2)[C@@H]1c1cc(Br)cs1. The number of carbonyl (C=O) groups excluding carboxylic acids is 1. The zero-order valence-electron chi connectivity index (χ0n) is 10.5. The largest absolute Gasteiger partial charge is 0.444 e. The van der Waals surface area contributed by atoms with Crippen molar-refractivity contribution in [3.05, 3.63) is 43.6 Å². The summed E-state index contributed by atoms with van der Waals surface area (Å²) in [5.41, 5.74) is 6.79. The summed E-state index contributed by atoms with van der Waals surface area (Å²) >= 11 is 4.91. The van der Waals surface area contributed by atoms with Gasteiger partial charge in [-0.15, -0.1) is 11.3 Å². The van der Waals surface area contributed by atoms with Gasteiger partial charge in [0.1, 0.15) is 17.4 Å². The summed E-state index contributed by atoms with van der Waals surface area (Å²) < 4.78 is 6.44. The van der Waals surface area contributed by atoms with Crippen molar-refractivity contribution in [2.45, 2.75) is 25.2 Å². The number of hydrogen-bond donors (Lipinski definition) is 1. The Hall–Kier alpha value is -1.58. The van der Waals surface area contributed by atoms with Gasteiger partial charge >= 0.3 is 0 Å². The minimum absolute atomic E-state index is 0.0565. The van der Waals surface area contributed by atoms with Gasteiger partial charge in [0.25, 0.3) is 0 Å². The van der Waals surface area contributed by atoms with Crippen LogP contribution in [0.5, 0.6) is 0 Å². The smallest absolute Gasteiger partial charge is 0.205 e. The van der Waals surface area contributed by atoms with Gasteiger partial charge in [0.05, 0.1) is 5.92 Å². The van der Waals surface area contributed by atoms with Crippen LogP contribution in [0.25, 0.3) is 0 Å². The van der Waals surface area contributed by atoms with E-state index >= 15 is 0 Å².